The van der Waals surface area contributed by atoms with Crippen molar-refractivity contribution in [3.05, 3.63) is 51.7 Å². The van der Waals surface area contributed by atoms with Gasteiger partial charge in [0, 0.05) is 18.2 Å². The lowest BCUT2D eigenvalue weighted by molar-refractivity contribution is 0.332. The van der Waals surface area contributed by atoms with Gasteiger partial charge in [0.2, 0.25) is 0 Å². The lowest BCUT2D eigenvalue weighted by atomic mass is 10.1. The maximum Gasteiger partial charge on any atom is 0.124 e. The van der Waals surface area contributed by atoms with Crippen molar-refractivity contribution in [1.29, 1.82) is 0 Å². The van der Waals surface area contributed by atoms with E-state index in [1.807, 2.05) is 19.1 Å². The van der Waals surface area contributed by atoms with Crippen molar-refractivity contribution < 1.29 is 4.74 Å². The Kier molecular flexibility index (Phi) is 5.00. The minimum Gasteiger partial charge on any atom is -0.494 e. The number of rotatable bonds is 6. The van der Waals surface area contributed by atoms with Gasteiger partial charge in [-0.05, 0) is 48.7 Å². The van der Waals surface area contributed by atoms with Crippen molar-refractivity contribution in [2.75, 3.05) is 6.61 Å². The fraction of sp³-hybridized carbons (Fsp3) is 0.375. The molecule has 2 rings (SSSR count). The zero-order chi connectivity index (χ0) is 13.7. The third kappa shape index (κ3) is 3.58. The highest BCUT2D eigenvalue weighted by atomic mass is 32.1. The maximum atomic E-state index is 5.68. The standard InChI is InChI=1S/C16H21NOS/c1-4-18-16-8-6-5-7-15(16)13(3)17-9-14-11-19-10-12(14)2/h5-8,10-11,13,17H,4,9H2,1-3H3. The number of thiophene rings is 1. The number of benzene rings is 1. The minimum atomic E-state index is 0.280. The van der Waals surface area contributed by atoms with Crippen LogP contribution in [0.15, 0.2) is 35.0 Å². The molecule has 2 nitrogen and oxygen atoms in total. The van der Waals surface area contributed by atoms with Gasteiger partial charge in [-0.15, -0.1) is 0 Å². The van der Waals surface area contributed by atoms with E-state index in [4.69, 9.17) is 4.74 Å². The second-order valence-electron chi connectivity index (χ2n) is 4.65. The molecule has 2 aromatic rings. The van der Waals surface area contributed by atoms with E-state index in [9.17, 15) is 0 Å². The second-order valence-corrected chi connectivity index (χ2v) is 5.40. The number of hydrogen-bond donors (Lipinski definition) is 1. The lowest BCUT2D eigenvalue weighted by Crippen LogP contribution is -2.19. The van der Waals surface area contributed by atoms with Crippen LogP contribution in [0.2, 0.25) is 0 Å². The first kappa shape index (κ1) is 14.1. The third-order valence-electron chi connectivity index (χ3n) is 3.25. The summed E-state index contributed by atoms with van der Waals surface area (Å²) in [4.78, 5) is 0. The van der Waals surface area contributed by atoms with Crippen molar-refractivity contribution in [2.45, 2.75) is 33.4 Å². The van der Waals surface area contributed by atoms with E-state index in [-0.39, 0.29) is 6.04 Å². The summed E-state index contributed by atoms with van der Waals surface area (Å²) < 4.78 is 5.68. The predicted molar refractivity (Wildman–Crippen MR) is 81.9 cm³/mol. The highest BCUT2D eigenvalue weighted by Crippen LogP contribution is 2.25. The molecule has 0 radical (unpaired) electrons. The average molecular weight is 275 g/mol. The summed E-state index contributed by atoms with van der Waals surface area (Å²) >= 11 is 1.76. The summed E-state index contributed by atoms with van der Waals surface area (Å²) in [7, 11) is 0. The quantitative estimate of drug-likeness (QED) is 0.848. The van der Waals surface area contributed by atoms with Crippen LogP contribution >= 0.6 is 11.3 Å². The number of nitrogens with one attached hydrogen (secondary N) is 1. The molecule has 0 aliphatic rings. The van der Waals surface area contributed by atoms with Crippen LogP contribution in [0, 0.1) is 6.92 Å². The Hall–Kier alpha value is -1.32. The Morgan fingerprint density at radius 1 is 1.26 bits per heavy atom. The highest BCUT2D eigenvalue weighted by Gasteiger charge is 2.11. The van der Waals surface area contributed by atoms with E-state index in [0.717, 1.165) is 12.3 Å². The molecule has 102 valence electrons. The second kappa shape index (κ2) is 6.73. The third-order valence-corrected chi connectivity index (χ3v) is 4.16. The van der Waals surface area contributed by atoms with Crippen LogP contribution in [0.4, 0.5) is 0 Å². The van der Waals surface area contributed by atoms with Crippen LogP contribution in [-0.2, 0) is 6.54 Å². The predicted octanol–water partition coefficient (Wildman–Crippen LogP) is 4.31. The van der Waals surface area contributed by atoms with Gasteiger partial charge in [0.1, 0.15) is 5.75 Å². The van der Waals surface area contributed by atoms with Gasteiger partial charge in [-0.1, -0.05) is 18.2 Å². The summed E-state index contributed by atoms with van der Waals surface area (Å²) in [5, 5.41) is 7.97. The van der Waals surface area contributed by atoms with E-state index < -0.39 is 0 Å². The average Bonchev–Trinajstić information content (AvgIpc) is 2.82. The Morgan fingerprint density at radius 2 is 2.05 bits per heavy atom. The van der Waals surface area contributed by atoms with Crippen LogP contribution in [0.3, 0.4) is 0 Å². The smallest absolute Gasteiger partial charge is 0.124 e. The molecule has 1 aromatic heterocycles. The van der Waals surface area contributed by atoms with Crippen molar-refractivity contribution in [3.63, 3.8) is 0 Å². The number of hydrogen-bond acceptors (Lipinski definition) is 3. The molecule has 1 atom stereocenters. The lowest BCUT2D eigenvalue weighted by Gasteiger charge is -2.18. The zero-order valence-corrected chi connectivity index (χ0v) is 12.6. The van der Waals surface area contributed by atoms with E-state index in [2.05, 4.69) is 42.1 Å². The van der Waals surface area contributed by atoms with Crippen LogP contribution in [0.25, 0.3) is 0 Å². The molecule has 0 aliphatic heterocycles. The SMILES string of the molecule is CCOc1ccccc1C(C)NCc1cscc1C. The highest BCUT2D eigenvalue weighted by molar-refractivity contribution is 7.08. The van der Waals surface area contributed by atoms with Crippen LogP contribution in [-0.4, -0.2) is 6.61 Å². The molecule has 1 heterocycles. The Labute approximate surface area is 119 Å². The van der Waals surface area contributed by atoms with E-state index >= 15 is 0 Å². The fourth-order valence-corrected chi connectivity index (χ4v) is 2.92. The summed E-state index contributed by atoms with van der Waals surface area (Å²) in [6.45, 7) is 7.96. The molecular formula is C16H21NOS. The number of ether oxygens (including phenoxy) is 1. The molecule has 0 saturated carbocycles. The number of aryl methyl sites for hydroxylation is 1. The molecule has 0 saturated heterocycles. The van der Waals surface area contributed by atoms with Gasteiger partial charge >= 0.3 is 0 Å². The maximum absolute atomic E-state index is 5.68. The molecule has 3 heteroatoms. The van der Waals surface area contributed by atoms with Crippen molar-refractivity contribution in [2.24, 2.45) is 0 Å². The Bertz CT molecular complexity index is 521. The summed E-state index contributed by atoms with van der Waals surface area (Å²) in [6.07, 6.45) is 0. The topological polar surface area (TPSA) is 21.3 Å². The molecule has 19 heavy (non-hydrogen) atoms. The monoisotopic (exact) mass is 275 g/mol. The molecule has 0 bridgehead atoms. The normalized spacial score (nSPS) is 12.4. The van der Waals surface area contributed by atoms with Crippen LogP contribution < -0.4 is 10.1 Å². The van der Waals surface area contributed by atoms with Gasteiger partial charge in [0.05, 0.1) is 6.61 Å². The summed E-state index contributed by atoms with van der Waals surface area (Å²) in [6, 6.07) is 8.52. The molecule has 0 fully saturated rings. The molecule has 0 aliphatic carbocycles. The summed E-state index contributed by atoms with van der Waals surface area (Å²) in [5.74, 6) is 0.979. The van der Waals surface area contributed by atoms with E-state index in [1.54, 1.807) is 11.3 Å². The van der Waals surface area contributed by atoms with Crippen LogP contribution in [0.5, 0.6) is 5.75 Å². The van der Waals surface area contributed by atoms with Crippen molar-refractivity contribution in [1.82, 2.24) is 5.32 Å². The molecule has 1 aromatic carbocycles. The summed E-state index contributed by atoms with van der Waals surface area (Å²) in [5.41, 5.74) is 3.96. The molecule has 1 unspecified atom stereocenters. The molecule has 0 spiro atoms. The largest absolute Gasteiger partial charge is 0.494 e. The minimum absolute atomic E-state index is 0.280. The number of para-hydroxylation sites is 1. The first-order valence-electron chi connectivity index (χ1n) is 6.69. The van der Waals surface area contributed by atoms with E-state index in [0.29, 0.717) is 6.61 Å². The molecule has 1 N–H and O–H groups in total. The fourth-order valence-electron chi connectivity index (χ4n) is 2.07. The van der Waals surface area contributed by atoms with E-state index in [1.165, 1.54) is 16.7 Å². The van der Waals surface area contributed by atoms with Gasteiger partial charge in [-0.2, -0.15) is 11.3 Å². The van der Waals surface area contributed by atoms with Gasteiger partial charge < -0.3 is 10.1 Å². The van der Waals surface area contributed by atoms with Gasteiger partial charge in [0.15, 0.2) is 0 Å². The Balaban J connectivity index is 2.03. The molecule has 0 amide bonds. The van der Waals surface area contributed by atoms with Crippen LogP contribution in [0.1, 0.15) is 36.6 Å². The first-order valence-corrected chi connectivity index (χ1v) is 7.63. The van der Waals surface area contributed by atoms with Crippen molar-refractivity contribution in [3.8, 4) is 5.75 Å². The van der Waals surface area contributed by atoms with Gasteiger partial charge in [0.25, 0.3) is 0 Å². The first-order chi connectivity index (χ1) is 9.22. The zero-order valence-electron chi connectivity index (χ0n) is 11.8. The van der Waals surface area contributed by atoms with Gasteiger partial charge in [-0.25, -0.2) is 0 Å². The Morgan fingerprint density at radius 3 is 2.74 bits per heavy atom. The van der Waals surface area contributed by atoms with Gasteiger partial charge in [-0.3, -0.25) is 0 Å². The van der Waals surface area contributed by atoms with Crippen molar-refractivity contribution >= 4 is 11.3 Å². The molecular weight excluding hydrogens is 254 g/mol.